The van der Waals surface area contributed by atoms with Crippen molar-refractivity contribution in [1.29, 1.82) is 0 Å². The number of carbonyl (C=O) groups is 4. The van der Waals surface area contributed by atoms with Crippen molar-refractivity contribution in [2.75, 3.05) is 12.5 Å². The molecule has 46 heavy (non-hydrogen) atoms. The van der Waals surface area contributed by atoms with Crippen LogP contribution in [0, 0.1) is 20.2 Å². The number of ether oxygens (including phenoxy) is 2. The summed E-state index contributed by atoms with van der Waals surface area (Å²) >= 11 is 0. The van der Waals surface area contributed by atoms with Crippen molar-refractivity contribution in [3.8, 4) is 0 Å². The molecule has 248 valence electrons. The van der Waals surface area contributed by atoms with Crippen LogP contribution in [0.4, 0.5) is 11.4 Å². The van der Waals surface area contributed by atoms with E-state index in [1.165, 1.54) is 0 Å². The van der Waals surface area contributed by atoms with Crippen molar-refractivity contribution < 1.29 is 55.3 Å². The molecular weight excluding hydrogens is 652 g/mol. The van der Waals surface area contributed by atoms with Crippen LogP contribution in [0.5, 0.6) is 0 Å². The zero-order valence-corrected chi connectivity index (χ0v) is 26.3. The maximum Gasteiger partial charge on any atom is 0.345 e. The fourth-order valence-electron chi connectivity index (χ4n) is 4.73. The van der Waals surface area contributed by atoms with Crippen molar-refractivity contribution in [3.05, 3.63) is 67.8 Å². The second-order valence-corrected chi connectivity index (χ2v) is 14.8. The van der Waals surface area contributed by atoms with Gasteiger partial charge >= 0.3 is 11.9 Å². The van der Waals surface area contributed by atoms with Gasteiger partial charge < -0.3 is 9.47 Å². The van der Waals surface area contributed by atoms with Gasteiger partial charge in [0.15, 0.2) is 19.7 Å². The Morgan fingerprint density at radius 2 is 1.04 bits per heavy atom. The molecule has 16 nitrogen and oxygen atoms in total. The van der Waals surface area contributed by atoms with E-state index in [9.17, 15) is 56.2 Å². The number of nitrogens with zero attached hydrogens (tertiary/aromatic N) is 2. The summed E-state index contributed by atoms with van der Waals surface area (Å²) < 4.78 is 56.2. The monoisotopic (exact) mass is 682 g/mol. The van der Waals surface area contributed by atoms with Crippen molar-refractivity contribution in [2.24, 2.45) is 0 Å². The van der Waals surface area contributed by atoms with Crippen LogP contribution in [0.1, 0.15) is 72.1 Å². The van der Waals surface area contributed by atoms with E-state index in [0.717, 1.165) is 48.9 Å². The van der Waals surface area contributed by atoms with Gasteiger partial charge in [0.25, 0.3) is 11.4 Å². The molecule has 0 N–H and O–H groups in total. The molecule has 0 spiro atoms. The molecule has 2 saturated carbocycles. The molecule has 0 heterocycles. The van der Waals surface area contributed by atoms with E-state index in [0.29, 0.717) is 38.5 Å². The fourth-order valence-corrected chi connectivity index (χ4v) is 6.01. The van der Waals surface area contributed by atoms with Gasteiger partial charge in [-0.1, -0.05) is 0 Å². The van der Waals surface area contributed by atoms with E-state index in [1.54, 1.807) is 0 Å². The van der Waals surface area contributed by atoms with Gasteiger partial charge in [-0.25, -0.2) is 26.4 Å². The van der Waals surface area contributed by atoms with E-state index in [4.69, 9.17) is 9.47 Å². The summed E-state index contributed by atoms with van der Waals surface area (Å²) in [6, 6.07) is 6.01. The summed E-state index contributed by atoms with van der Waals surface area (Å²) in [6.45, 7) is 0. The number of hydrogen-bond acceptors (Lipinski definition) is 14. The van der Waals surface area contributed by atoms with Gasteiger partial charge in [-0.05, 0) is 49.9 Å². The highest BCUT2D eigenvalue weighted by Crippen LogP contribution is 2.28. The first-order valence-electron chi connectivity index (χ1n) is 13.8. The quantitative estimate of drug-likeness (QED) is 0.220. The molecule has 2 fully saturated rings. The van der Waals surface area contributed by atoms with Gasteiger partial charge in [-0.2, -0.15) is 0 Å². The van der Waals surface area contributed by atoms with Crippen molar-refractivity contribution >= 4 is 54.6 Å². The smallest absolute Gasteiger partial charge is 0.345 e. The zero-order valence-electron chi connectivity index (χ0n) is 24.7. The fraction of sp³-hybridized carbons (Fsp3) is 0.429. The molecule has 0 radical (unpaired) electrons. The first kappa shape index (κ1) is 35.9. The number of nitro benzene ring substituents is 2. The predicted octanol–water partition coefficient (Wildman–Crippen LogP) is 3.33. The average molecular weight is 683 g/mol. The maximum atomic E-state index is 12.1. The summed E-state index contributed by atoms with van der Waals surface area (Å²) in [6.07, 6.45) is 3.96. The third kappa shape index (κ3) is 9.71. The Hall–Kier alpha value is -4.58. The normalized spacial score (nSPS) is 18.5. The highest BCUT2D eigenvalue weighted by molar-refractivity contribution is 7.91. The molecule has 0 bridgehead atoms. The highest BCUT2D eigenvalue weighted by atomic mass is 32.2. The molecule has 2 unspecified atom stereocenters. The van der Waals surface area contributed by atoms with E-state index in [1.807, 2.05) is 0 Å². The molecule has 2 aliphatic rings. The molecule has 2 aromatic rings. The Kier molecular flexibility index (Phi) is 11.5. The number of hydrogen-bond donors (Lipinski definition) is 0. The topological polar surface area (TPSA) is 241 Å². The van der Waals surface area contributed by atoms with Crippen LogP contribution in [0.3, 0.4) is 0 Å². The Bertz CT molecular complexity index is 1670. The molecule has 4 rings (SSSR count). The van der Waals surface area contributed by atoms with Crippen LogP contribution in [0.25, 0.3) is 0 Å². The lowest BCUT2D eigenvalue weighted by molar-refractivity contribution is -0.385. The predicted molar refractivity (Wildman–Crippen MR) is 158 cm³/mol. The molecule has 2 aromatic carbocycles. The molecule has 0 aliphatic heterocycles. The maximum absolute atomic E-state index is 12.1. The van der Waals surface area contributed by atoms with Crippen LogP contribution in [-0.4, -0.2) is 74.9 Å². The van der Waals surface area contributed by atoms with Gasteiger partial charge in [0.05, 0.1) is 19.6 Å². The van der Waals surface area contributed by atoms with Crippen LogP contribution in [-0.2, 0) is 38.7 Å². The second kappa shape index (κ2) is 14.7. The zero-order chi connectivity index (χ0) is 34.4. The number of benzene rings is 2. The van der Waals surface area contributed by atoms with E-state index in [-0.39, 0.29) is 45.3 Å². The molecule has 2 aliphatic carbocycles. The van der Waals surface area contributed by atoms with Gasteiger partial charge in [-0.15, -0.1) is 0 Å². The summed E-state index contributed by atoms with van der Waals surface area (Å²) in [5, 5.41) is 22.2. The average Bonchev–Trinajstić information content (AvgIpc) is 2.96. The van der Waals surface area contributed by atoms with E-state index in [2.05, 4.69) is 0 Å². The number of esters is 2. The lowest BCUT2D eigenvalue weighted by Gasteiger charge is -2.21. The lowest BCUT2D eigenvalue weighted by Crippen LogP contribution is -2.26. The number of rotatable bonds is 8. The Labute approximate surface area is 263 Å². The molecule has 0 aromatic heterocycles. The Morgan fingerprint density at radius 3 is 1.33 bits per heavy atom. The second-order valence-electron chi connectivity index (χ2n) is 10.7. The van der Waals surface area contributed by atoms with Crippen LogP contribution in [0.15, 0.2) is 46.2 Å². The summed E-state index contributed by atoms with van der Waals surface area (Å²) in [5.41, 5.74) is -1.94. The highest BCUT2D eigenvalue weighted by Gasteiger charge is 2.30. The van der Waals surface area contributed by atoms with Crippen molar-refractivity contribution in [3.63, 3.8) is 0 Å². The summed E-state index contributed by atoms with van der Waals surface area (Å²) in [4.78, 5) is 67.0. The van der Waals surface area contributed by atoms with Crippen LogP contribution in [0.2, 0.25) is 0 Å². The van der Waals surface area contributed by atoms with Gasteiger partial charge in [-0.3, -0.25) is 29.8 Å². The largest absolute Gasteiger partial charge is 0.458 e. The first-order chi connectivity index (χ1) is 21.4. The first-order valence-corrected chi connectivity index (χ1v) is 17.6. The minimum absolute atomic E-state index is 0.0176. The molecule has 0 amide bonds. The van der Waals surface area contributed by atoms with Crippen molar-refractivity contribution in [2.45, 2.75) is 73.4 Å². The SMILES string of the molecule is CS(=O)(=O)c1ccc(C(=O)OC2CCCC(=O)C2)c([N+](=O)[O-])c1.CS(=O)(=O)c1ccc(C(=O)OC2CCCC(=O)C2)c([N+](=O)[O-])c1. The Balaban J connectivity index is 0.000000250. The van der Waals surface area contributed by atoms with Gasteiger partial charge in [0.1, 0.15) is 34.9 Å². The van der Waals surface area contributed by atoms with E-state index >= 15 is 0 Å². The van der Waals surface area contributed by atoms with Crippen LogP contribution < -0.4 is 0 Å². The number of sulfone groups is 2. The van der Waals surface area contributed by atoms with Crippen molar-refractivity contribution in [1.82, 2.24) is 0 Å². The lowest BCUT2D eigenvalue weighted by atomic mass is 9.96. The minimum atomic E-state index is -3.64. The number of Topliss-reactive ketones (excluding diaryl/α,β-unsaturated/α-hetero) is 2. The Morgan fingerprint density at radius 1 is 0.696 bits per heavy atom. The van der Waals surface area contributed by atoms with E-state index < -0.39 is 65.0 Å². The molecular formula is C28H30N2O14S2. The third-order valence-electron chi connectivity index (χ3n) is 7.05. The summed E-state index contributed by atoms with van der Waals surface area (Å²) in [7, 11) is -7.27. The van der Waals surface area contributed by atoms with Gasteiger partial charge in [0, 0.05) is 50.3 Å². The number of carbonyl (C=O) groups excluding carboxylic acids is 4. The summed E-state index contributed by atoms with van der Waals surface area (Å²) in [5.74, 6) is -1.90. The standard InChI is InChI=1S/2C14H15NO7S/c2*1-23(20,21)11-5-6-12(13(8-11)15(18)19)14(17)22-10-4-2-3-9(16)7-10/h2*5-6,8,10H,2-4,7H2,1H3. The number of nitro groups is 2. The molecule has 2 atom stereocenters. The molecule has 0 saturated heterocycles. The third-order valence-corrected chi connectivity index (χ3v) is 9.27. The minimum Gasteiger partial charge on any atom is -0.458 e. The van der Waals surface area contributed by atoms with Crippen LogP contribution >= 0.6 is 0 Å². The molecule has 18 heteroatoms. The number of ketones is 2. The van der Waals surface area contributed by atoms with Gasteiger partial charge in [0.2, 0.25) is 0 Å².